The smallest absolute Gasteiger partial charge is 0.246 e. The zero-order chi connectivity index (χ0) is 6.91. The van der Waals surface area contributed by atoms with Gasteiger partial charge in [0.05, 0.1) is 12.0 Å². The van der Waals surface area contributed by atoms with Crippen molar-refractivity contribution < 1.29 is 13.5 Å². The molecule has 0 saturated carbocycles. The molecule has 1 fully saturated rings. The monoisotopic (exact) mass is 136 g/mol. The first-order valence-electron chi connectivity index (χ1n) is 3.01. The summed E-state index contributed by atoms with van der Waals surface area (Å²) in [6, 6.07) is 0. The molecule has 9 heavy (non-hydrogen) atoms. The van der Waals surface area contributed by atoms with Crippen LogP contribution in [0.15, 0.2) is 0 Å². The van der Waals surface area contributed by atoms with Crippen LogP contribution in [-0.2, 0) is 4.74 Å². The zero-order valence-corrected chi connectivity index (χ0v) is 5.36. The molecule has 54 valence electrons. The maximum Gasteiger partial charge on any atom is 0.246 e. The summed E-state index contributed by atoms with van der Waals surface area (Å²) in [5.41, 5.74) is -0.861. The number of hydrogen-bond acceptors (Lipinski definition) is 1. The normalized spacial score (nSPS) is 36.0. The molecule has 1 atom stereocenters. The number of hydrogen-bond donors (Lipinski definition) is 0. The van der Waals surface area contributed by atoms with Crippen LogP contribution >= 0.6 is 0 Å². The van der Waals surface area contributed by atoms with Gasteiger partial charge in [0.1, 0.15) is 0 Å². The molecule has 1 aliphatic heterocycles. The molecular formula is C6H10F2O. The van der Waals surface area contributed by atoms with Crippen molar-refractivity contribution in [3.05, 3.63) is 0 Å². The van der Waals surface area contributed by atoms with Gasteiger partial charge in [-0.05, 0) is 6.42 Å². The van der Waals surface area contributed by atoms with E-state index in [9.17, 15) is 8.78 Å². The minimum absolute atomic E-state index is 0.213. The summed E-state index contributed by atoms with van der Waals surface area (Å²) < 4.78 is 28.9. The summed E-state index contributed by atoms with van der Waals surface area (Å²) in [6.07, 6.45) is -1.75. The predicted octanol–water partition coefficient (Wildman–Crippen LogP) is 1.68. The molecule has 0 bridgehead atoms. The predicted molar refractivity (Wildman–Crippen MR) is 29.5 cm³/mol. The Morgan fingerprint density at radius 2 is 2.22 bits per heavy atom. The van der Waals surface area contributed by atoms with E-state index in [2.05, 4.69) is 0 Å². The maximum absolute atomic E-state index is 12.0. The number of ether oxygens (including phenoxy) is 1. The van der Waals surface area contributed by atoms with E-state index in [1.165, 1.54) is 0 Å². The van der Waals surface area contributed by atoms with Crippen LogP contribution in [0, 0.1) is 5.41 Å². The van der Waals surface area contributed by atoms with E-state index >= 15 is 0 Å². The Morgan fingerprint density at radius 3 is 2.44 bits per heavy atom. The molecule has 0 unspecified atom stereocenters. The summed E-state index contributed by atoms with van der Waals surface area (Å²) >= 11 is 0. The average Bonchev–Trinajstić information content (AvgIpc) is 2.16. The first-order valence-corrected chi connectivity index (χ1v) is 3.01. The van der Waals surface area contributed by atoms with Crippen molar-refractivity contribution in [1.29, 1.82) is 0 Å². The molecule has 0 aromatic rings. The molecule has 3 heteroatoms. The molecule has 1 aliphatic rings. The molecule has 0 radical (unpaired) electrons. The molecule has 0 spiro atoms. The van der Waals surface area contributed by atoms with Gasteiger partial charge >= 0.3 is 0 Å². The number of rotatable bonds is 1. The van der Waals surface area contributed by atoms with Crippen LogP contribution in [0.1, 0.15) is 13.3 Å². The zero-order valence-electron chi connectivity index (χ0n) is 5.36. The molecule has 1 heterocycles. The Morgan fingerprint density at radius 1 is 1.56 bits per heavy atom. The summed E-state index contributed by atoms with van der Waals surface area (Å²) in [4.78, 5) is 0. The van der Waals surface area contributed by atoms with Crippen LogP contribution in [0.25, 0.3) is 0 Å². The lowest BCUT2D eigenvalue weighted by molar-refractivity contribution is 0.000526. The van der Waals surface area contributed by atoms with Gasteiger partial charge in [-0.3, -0.25) is 0 Å². The fourth-order valence-corrected chi connectivity index (χ4v) is 0.855. The first-order chi connectivity index (χ1) is 4.15. The molecule has 1 nitrogen and oxygen atoms in total. The van der Waals surface area contributed by atoms with Gasteiger partial charge in [-0.1, -0.05) is 6.92 Å². The van der Waals surface area contributed by atoms with Crippen molar-refractivity contribution in [3.8, 4) is 0 Å². The van der Waals surface area contributed by atoms with E-state index in [-0.39, 0.29) is 6.61 Å². The fraction of sp³-hybridized carbons (Fsp3) is 1.00. The quantitative estimate of drug-likeness (QED) is 0.533. The summed E-state index contributed by atoms with van der Waals surface area (Å²) in [5, 5.41) is 0. The van der Waals surface area contributed by atoms with Gasteiger partial charge in [-0.2, -0.15) is 0 Å². The highest BCUT2D eigenvalue weighted by Gasteiger charge is 2.38. The molecule has 0 aromatic heterocycles. The minimum Gasteiger partial charge on any atom is -0.381 e. The van der Waals surface area contributed by atoms with E-state index < -0.39 is 11.8 Å². The lowest BCUT2D eigenvalue weighted by Crippen LogP contribution is -2.25. The van der Waals surface area contributed by atoms with Gasteiger partial charge in [-0.15, -0.1) is 0 Å². The Hall–Kier alpha value is -0.180. The largest absolute Gasteiger partial charge is 0.381 e. The first kappa shape index (κ1) is 6.93. The Bertz CT molecular complexity index is 97.2. The van der Waals surface area contributed by atoms with Crippen LogP contribution in [0.5, 0.6) is 0 Å². The molecule has 0 amide bonds. The lowest BCUT2D eigenvalue weighted by Gasteiger charge is -2.19. The number of halogens is 2. The van der Waals surface area contributed by atoms with Crippen LogP contribution in [0.3, 0.4) is 0 Å². The molecular weight excluding hydrogens is 126 g/mol. The van der Waals surface area contributed by atoms with Gasteiger partial charge in [0, 0.05) is 6.61 Å². The fourth-order valence-electron chi connectivity index (χ4n) is 0.855. The summed E-state index contributed by atoms with van der Waals surface area (Å²) in [5.74, 6) is 0. The van der Waals surface area contributed by atoms with Gasteiger partial charge in [0.2, 0.25) is 6.43 Å². The molecule has 0 aromatic carbocycles. The van der Waals surface area contributed by atoms with Crippen molar-refractivity contribution in [2.24, 2.45) is 5.41 Å². The van der Waals surface area contributed by atoms with Gasteiger partial charge in [0.25, 0.3) is 0 Å². The Balaban J connectivity index is 2.51. The Kier molecular flexibility index (Phi) is 1.70. The highest BCUT2D eigenvalue weighted by Crippen LogP contribution is 2.33. The highest BCUT2D eigenvalue weighted by molar-refractivity contribution is 4.80. The third-order valence-electron chi connectivity index (χ3n) is 1.78. The maximum atomic E-state index is 12.0. The van der Waals surface area contributed by atoms with Crippen molar-refractivity contribution >= 4 is 0 Å². The topological polar surface area (TPSA) is 9.23 Å². The molecule has 0 N–H and O–H groups in total. The summed E-state index contributed by atoms with van der Waals surface area (Å²) in [7, 11) is 0. The Labute approximate surface area is 53.0 Å². The van der Waals surface area contributed by atoms with Gasteiger partial charge in [0.15, 0.2) is 0 Å². The second-order valence-corrected chi connectivity index (χ2v) is 2.76. The summed E-state index contributed by atoms with van der Waals surface area (Å²) in [6.45, 7) is 2.26. The minimum atomic E-state index is -2.24. The standard InChI is InChI=1S/C6H10F2O/c1-6(5(7)8)2-3-9-4-6/h5H,2-4H2,1H3/t6-/m1/s1. The second kappa shape index (κ2) is 2.21. The van der Waals surface area contributed by atoms with E-state index in [0.29, 0.717) is 13.0 Å². The van der Waals surface area contributed by atoms with Gasteiger partial charge < -0.3 is 4.74 Å². The lowest BCUT2D eigenvalue weighted by atomic mass is 9.91. The van der Waals surface area contributed by atoms with Crippen LogP contribution in [-0.4, -0.2) is 19.6 Å². The van der Waals surface area contributed by atoms with E-state index in [4.69, 9.17) is 4.74 Å². The SMILES string of the molecule is C[C@@]1(C(F)F)CCOC1. The van der Waals surface area contributed by atoms with Crippen molar-refractivity contribution in [2.75, 3.05) is 13.2 Å². The van der Waals surface area contributed by atoms with Crippen LogP contribution in [0.4, 0.5) is 8.78 Å². The van der Waals surface area contributed by atoms with E-state index in [0.717, 1.165) is 0 Å². The van der Waals surface area contributed by atoms with E-state index in [1.807, 2.05) is 0 Å². The second-order valence-electron chi connectivity index (χ2n) is 2.76. The van der Waals surface area contributed by atoms with Gasteiger partial charge in [-0.25, -0.2) is 8.78 Å². The van der Waals surface area contributed by atoms with E-state index in [1.54, 1.807) is 6.92 Å². The van der Waals surface area contributed by atoms with Crippen molar-refractivity contribution in [2.45, 2.75) is 19.8 Å². The van der Waals surface area contributed by atoms with Crippen LogP contribution < -0.4 is 0 Å². The third kappa shape index (κ3) is 1.21. The van der Waals surface area contributed by atoms with Crippen molar-refractivity contribution in [1.82, 2.24) is 0 Å². The molecule has 0 aliphatic carbocycles. The number of alkyl halides is 2. The highest BCUT2D eigenvalue weighted by atomic mass is 19.3. The molecule has 1 rings (SSSR count). The van der Waals surface area contributed by atoms with Crippen molar-refractivity contribution in [3.63, 3.8) is 0 Å². The van der Waals surface area contributed by atoms with Crippen LogP contribution in [0.2, 0.25) is 0 Å². The average molecular weight is 136 g/mol. The third-order valence-corrected chi connectivity index (χ3v) is 1.78. The molecule has 1 saturated heterocycles.